The van der Waals surface area contributed by atoms with E-state index in [0.717, 1.165) is 25.2 Å². The molecule has 1 heterocycles. The molecule has 5 heteroatoms. The van der Waals surface area contributed by atoms with Gasteiger partial charge in [-0.1, -0.05) is 11.2 Å². The maximum Gasteiger partial charge on any atom is 0.140 e. The zero-order chi connectivity index (χ0) is 12.8. The topological polar surface area (TPSA) is 74.7 Å². The molecule has 1 aromatic heterocycles. The lowest BCUT2D eigenvalue weighted by atomic mass is 10.2. The standard InChI is InChI=1S/C13H20N4O/c14-13(16-18)7-10-17(12-4-5-12)9-6-11-3-1-2-8-15-11/h1-3,8,12,18H,4-7,9-10H2,(H2,14,16). The Kier molecular flexibility index (Phi) is 4.52. The van der Waals surface area contributed by atoms with Crippen LogP contribution < -0.4 is 5.73 Å². The van der Waals surface area contributed by atoms with Gasteiger partial charge >= 0.3 is 0 Å². The van der Waals surface area contributed by atoms with Gasteiger partial charge in [-0.05, 0) is 25.0 Å². The number of oxime groups is 1. The summed E-state index contributed by atoms with van der Waals surface area (Å²) >= 11 is 0. The largest absolute Gasteiger partial charge is 0.409 e. The van der Waals surface area contributed by atoms with Gasteiger partial charge < -0.3 is 10.9 Å². The number of nitrogens with two attached hydrogens (primary N) is 1. The van der Waals surface area contributed by atoms with Crippen LogP contribution in [0.4, 0.5) is 0 Å². The minimum Gasteiger partial charge on any atom is -0.409 e. The monoisotopic (exact) mass is 248 g/mol. The van der Waals surface area contributed by atoms with Gasteiger partial charge in [-0.2, -0.15) is 0 Å². The summed E-state index contributed by atoms with van der Waals surface area (Å²) in [7, 11) is 0. The van der Waals surface area contributed by atoms with Crippen LogP contribution in [0.15, 0.2) is 29.6 Å². The summed E-state index contributed by atoms with van der Waals surface area (Å²) in [4.78, 5) is 6.74. The second-order valence-corrected chi connectivity index (χ2v) is 4.68. The van der Waals surface area contributed by atoms with Crippen molar-refractivity contribution >= 4 is 5.84 Å². The summed E-state index contributed by atoms with van der Waals surface area (Å²) in [5.41, 5.74) is 6.63. The van der Waals surface area contributed by atoms with E-state index in [1.54, 1.807) is 0 Å². The first-order chi connectivity index (χ1) is 8.79. The number of nitrogens with zero attached hydrogens (tertiary/aromatic N) is 3. The predicted octanol–water partition coefficient (Wildman–Crippen LogP) is 1.22. The molecule has 0 aliphatic heterocycles. The third-order valence-corrected chi connectivity index (χ3v) is 3.23. The third kappa shape index (κ3) is 4.00. The van der Waals surface area contributed by atoms with Gasteiger partial charge in [0.2, 0.25) is 0 Å². The highest BCUT2D eigenvalue weighted by Crippen LogP contribution is 2.26. The Morgan fingerprint density at radius 1 is 1.44 bits per heavy atom. The molecule has 0 amide bonds. The molecule has 0 bridgehead atoms. The zero-order valence-electron chi connectivity index (χ0n) is 10.5. The van der Waals surface area contributed by atoms with Crippen molar-refractivity contribution in [1.29, 1.82) is 0 Å². The molecule has 98 valence electrons. The van der Waals surface area contributed by atoms with Crippen molar-refractivity contribution in [3.05, 3.63) is 30.1 Å². The SMILES string of the molecule is NC(CCN(CCc1ccccn1)C1CC1)=NO. The van der Waals surface area contributed by atoms with E-state index in [2.05, 4.69) is 21.1 Å². The molecular formula is C13H20N4O. The number of aromatic nitrogens is 1. The van der Waals surface area contributed by atoms with Gasteiger partial charge in [0.05, 0.1) is 0 Å². The Morgan fingerprint density at radius 3 is 2.89 bits per heavy atom. The lowest BCUT2D eigenvalue weighted by molar-refractivity contribution is 0.270. The van der Waals surface area contributed by atoms with Crippen LogP contribution in [0.25, 0.3) is 0 Å². The minimum absolute atomic E-state index is 0.304. The molecule has 0 saturated heterocycles. The van der Waals surface area contributed by atoms with Crippen LogP contribution >= 0.6 is 0 Å². The summed E-state index contributed by atoms with van der Waals surface area (Å²) < 4.78 is 0. The fourth-order valence-corrected chi connectivity index (χ4v) is 2.03. The molecular weight excluding hydrogens is 228 g/mol. The van der Waals surface area contributed by atoms with Crippen molar-refractivity contribution in [2.45, 2.75) is 31.7 Å². The lowest BCUT2D eigenvalue weighted by Crippen LogP contribution is -2.32. The van der Waals surface area contributed by atoms with Crippen LogP contribution in [0.3, 0.4) is 0 Å². The summed E-state index contributed by atoms with van der Waals surface area (Å²) in [6.45, 7) is 1.84. The maximum atomic E-state index is 8.54. The van der Waals surface area contributed by atoms with Gasteiger partial charge in [-0.15, -0.1) is 0 Å². The minimum atomic E-state index is 0.304. The Hall–Kier alpha value is -1.62. The van der Waals surface area contributed by atoms with E-state index in [0.29, 0.717) is 18.3 Å². The van der Waals surface area contributed by atoms with Crippen molar-refractivity contribution in [3.63, 3.8) is 0 Å². The van der Waals surface area contributed by atoms with E-state index in [9.17, 15) is 0 Å². The molecule has 0 radical (unpaired) electrons. The van der Waals surface area contributed by atoms with Crippen molar-refractivity contribution in [2.75, 3.05) is 13.1 Å². The first-order valence-corrected chi connectivity index (χ1v) is 6.40. The van der Waals surface area contributed by atoms with E-state index in [-0.39, 0.29) is 0 Å². The van der Waals surface area contributed by atoms with Crippen molar-refractivity contribution in [1.82, 2.24) is 9.88 Å². The van der Waals surface area contributed by atoms with Crippen molar-refractivity contribution in [3.8, 4) is 0 Å². The quantitative estimate of drug-likeness (QED) is 0.329. The number of hydrogen-bond acceptors (Lipinski definition) is 4. The molecule has 1 aliphatic carbocycles. The Balaban J connectivity index is 1.80. The highest BCUT2D eigenvalue weighted by Gasteiger charge is 2.28. The average Bonchev–Trinajstić information content (AvgIpc) is 3.24. The predicted molar refractivity (Wildman–Crippen MR) is 70.6 cm³/mol. The van der Waals surface area contributed by atoms with Crippen molar-refractivity contribution < 1.29 is 5.21 Å². The van der Waals surface area contributed by atoms with Crippen LogP contribution in [-0.4, -0.2) is 40.1 Å². The second kappa shape index (κ2) is 6.35. The number of hydrogen-bond donors (Lipinski definition) is 2. The average molecular weight is 248 g/mol. The van der Waals surface area contributed by atoms with E-state index >= 15 is 0 Å². The van der Waals surface area contributed by atoms with Crippen LogP contribution in [0.2, 0.25) is 0 Å². The van der Waals surface area contributed by atoms with Crippen LogP contribution in [0, 0.1) is 0 Å². The number of pyridine rings is 1. The van der Waals surface area contributed by atoms with Gasteiger partial charge in [-0.3, -0.25) is 9.88 Å². The normalized spacial score (nSPS) is 16.2. The molecule has 0 spiro atoms. The molecule has 0 aromatic carbocycles. The molecule has 1 aliphatic rings. The van der Waals surface area contributed by atoms with Crippen LogP contribution in [0.1, 0.15) is 25.0 Å². The van der Waals surface area contributed by atoms with Gasteiger partial charge in [0, 0.05) is 43.9 Å². The fraction of sp³-hybridized carbons (Fsp3) is 0.538. The molecule has 2 rings (SSSR count). The lowest BCUT2D eigenvalue weighted by Gasteiger charge is -2.21. The van der Waals surface area contributed by atoms with Crippen LogP contribution in [-0.2, 0) is 6.42 Å². The molecule has 1 fully saturated rings. The Morgan fingerprint density at radius 2 is 2.28 bits per heavy atom. The van der Waals surface area contributed by atoms with E-state index in [1.807, 2.05) is 18.3 Å². The van der Waals surface area contributed by atoms with Gasteiger partial charge in [0.1, 0.15) is 5.84 Å². The highest BCUT2D eigenvalue weighted by molar-refractivity contribution is 5.79. The Labute approximate surface area is 107 Å². The number of rotatable bonds is 7. The molecule has 0 atom stereocenters. The molecule has 5 nitrogen and oxygen atoms in total. The summed E-state index contributed by atoms with van der Waals surface area (Å²) in [6.07, 6.45) is 5.92. The number of amidine groups is 1. The van der Waals surface area contributed by atoms with E-state index in [1.165, 1.54) is 12.8 Å². The molecule has 1 aromatic rings. The summed E-state index contributed by atoms with van der Waals surface area (Å²) in [5, 5.41) is 11.6. The third-order valence-electron chi connectivity index (χ3n) is 3.23. The van der Waals surface area contributed by atoms with E-state index in [4.69, 9.17) is 10.9 Å². The molecule has 1 saturated carbocycles. The first-order valence-electron chi connectivity index (χ1n) is 6.40. The highest BCUT2D eigenvalue weighted by atomic mass is 16.4. The summed E-state index contributed by atoms with van der Waals surface area (Å²) in [5.74, 6) is 0.304. The van der Waals surface area contributed by atoms with Gasteiger partial charge in [0.15, 0.2) is 0 Å². The van der Waals surface area contributed by atoms with Crippen LogP contribution in [0.5, 0.6) is 0 Å². The molecule has 18 heavy (non-hydrogen) atoms. The fourth-order valence-electron chi connectivity index (χ4n) is 2.03. The summed E-state index contributed by atoms with van der Waals surface area (Å²) in [6, 6.07) is 6.68. The van der Waals surface area contributed by atoms with Crippen molar-refractivity contribution in [2.24, 2.45) is 10.9 Å². The molecule has 3 N–H and O–H groups in total. The zero-order valence-corrected chi connectivity index (χ0v) is 10.5. The Bertz CT molecular complexity index is 389. The molecule has 0 unspecified atom stereocenters. The van der Waals surface area contributed by atoms with Gasteiger partial charge in [0.25, 0.3) is 0 Å². The second-order valence-electron chi connectivity index (χ2n) is 4.68. The first kappa shape index (κ1) is 12.8. The smallest absolute Gasteiger partial charge is 0.140 e. The maximum absolute atomic E-state index is 8.54. The van der Waals surface area contributed by atoms with Gasteiger partial charge in [-0.25, -0.2) is 0 Å². The van der Waals surface area contributed by atoms with E-state index < -0.39 is 0 Å².